The third kappa shape index (κ3) is 3.14. The van der Waals surface area contributed by atoms with E-state index in [0.717, 1.165) is 12.8 Å². The van der Waals surface area contributed by atoms with E-state index in [1.807, 2.05) is 0 Å². The molecule has 0 atom stereocenters. The summed E-state index contributed by atoms with van der Waals surface area (Å²) in [6.07, 6.45) is 1.80. The zero-order valence-electron chi connectivity index (χ0n) is 9.02. The van der Waals surface area contributed by atoms with E-state index in [0.29, 0.717) is 5.56 Å². The lowest BCUT2D eigenvalue weighted by atomic mass is 10.2. The minimum Gasteiger partial charge on any atom is -0.293 e. The van der Waals surface area contributed by atoms with Crippen molar-refractivity contribution in [2.75, 3.05) is 5.33 Å². The van der Waals surface area contributed by atoms with Crippen molar-refractivity contribution in [2.45, 2.75) is 23.8 Å². The Bertz CT molecular complexity index is 520. The molecule has 2 rings (SSSR count). The summed E-state index contributed by atoms with van der Waals surface area (Å²) in [5, 5.41) is 0.236. The van der Waals surface area contributed by atoms with E-state index in [1.54, 1.807) is 0 Å². The highest BCUT2D eigenvalue weighted by atomic mass is 79.9. The van der Waals surface area contributed by atoms with E-state index in [1.165, 1.54) is 24.3 Å². The van der Waals surface area contributed by atoms with Gasteiger partial charge in [-0.15, -0.1) is 0 Å². The minimum atomic E-state index is -3.42. The quantitative estimate of drug-likeness (QED) is 0.664. The fourth-order valence-electron chi connectivity index (χ4n) is 1.39. The zero-order chi connectivity index (χ0) is 12.5. The Kier molecular flexibility index (Phi) is 3.65. The van der Waals surface area contributed by atoms with Gasteiger partial charge in [0.1, 0.15) is 0 Å². The molecule has 1 saturated carbocycles. The largest absolute Gasteiger partial charge is 0.293 e. The van der Waals surface area contributed by atoms with Crippen molar-refractivity contribution < 1.29 is 13.2 Å². The van der Waals surface area contributed by atoms with Crippen molar-refractivity contribution >= 4 is 31.7 Å². The van der Waals surface area contributed by atoms with Gasteiger partial charge in [0.2, 0.25) is 10.0 Å². The molecule has 0 heterocycles. The van der Waals surface area contributed by atoms with Crippen LogP contribution >= 0.6 is 15.9 Å². The van der Waals surface area contributed by atoms with Gasteiger partial charge in [-0.1, -0.05) is 28.1 Å². The molecule has 17 heavy (non-hydrogen) atoms. The molecule has 0 saturated heterocycles. The molecule has 6 heteroatoms. The summed E-state index contributed by atoms with van der Waals surface area (Å²) in [5.74, 6) is -0.0656. The molecule has 0 unspecified atom stereocenters. The second kappa shape index (κ2) is 4.88. The van der Waals surface area contributed by atoms with Crippen LogP contribution < -0.4 is 4.72 Å². The van der Waals surface area contributed by atoms with Crippen LogP contribution in [0.15, 0.2) is 29.2 Å². The lowest BCUT2D eigenvalue weighted by Gasteiger charge is -2.05. The van der Waals surface area contributed by atoms with Crippen LogP contribution in [0.3, 0.4) is 0 Å². The third-order valence-electron chi connectivity index (χ3n) is 2.51. The first kappa shape index (κ1) is 12.7. The van der Waals surface area contributed by atoms with Gasteiger partial charge in [-0.05, 0) is 25.0 Å². The van der Waals surface area contributed by atoms with Gasteiger partial charge in [-0.3, -0.25) is 4.79 Å². The van der Waals surface area contributed by atoms with Gasteiger partial charge in [0.05, 0.1) is 10.2 Å². The van der Waals surface area contributed by atoms with Crippen LogP contribution in [-0.4, -0.2) is 25.6 Å². The van der Waals surface area contributed by atoms with Crippen LogP contribution in [0.25, 0.3) is 0 Å². The van der Waals surface area contributed by atoms with Gasteiger partial charge in [-0.2, -0.15) is 0 Å². The number of alkyl halides is 1. The number of nitrogens with one attached hydrogen (secondary N) is 1. The number of sulfonamides is 1. The second-order valence-corrected chi connectivity index (χ2v) is 6.25. The Morgan fingerprint density at radius 3 is 2.35 bits per heavy atom. The van der Waals surface area contributed by atoms with Crippen molar-refractivity contribution in [2.24, 2.45) is 0 Å². The van der Waals surface area contributed by atoms with E-state index in [9.17, 15) is 13.2 Å². The zero-order valence-corrected chi connectivity index (χ0v) is 11.4. The Labute approximate surface area is 109 Å². The molecule has 1 aromatic rings. The van der Waals surface area contributed by atoms with Crippen LogP contribution in [0.1, 0.15) is 23.2 Å². The first-order valence-electron chi connectivity index (χ1n) is 5.24. The van der Waals surface area contributed by atoms with Crippen LogP contribution in [-0.2, 0) is 10.0 Å². The maximum absolute atomic E-state index is 11.8. The molecule has 1 aliphatic rings. The van der Waals surface area contributed by atoms with E-state index >= 15 is 0 Å². The number of carbonyl (C=O) groups excluding carboxylic acids is 1. The fourth-order valence-corrected chi connectivity index (χ4v) is 3.01. The van der Waals surface area contributed by atoms with Gasteiger partial charge < -0.3 is 0 Å². The van der Waals surface area contributed by atoms with Gasteiger partial charge >= 0.3 is 0 Å². The molecule has 4 nitrogen and oxygen atoms in total. The molecular formula is C11H12BrNO3S. The number of hydrogen-bond donors (Lipinski definition) is 1. The number of Topliss-reactive ketones (excluding diaryl/α,β-unsaturated/α-hetero) is 1. The standard InChI is InChI=1S/C11H12BrNO3S/c12-7-11(14)8-1-5-10(6-2-8)17(15,16)13-9-3-4-9/h1-2,5-6,9,13H,3-4,7H2. The van der Waals surface area contributed by atoms with Crippen LogP contribution in [0.4, 0.5) is 0 Å². The maximum atomic E-state index is 11.8. The highest BCUT2D eigenvalue weighted by Crippen LogP contribution is 2.22. The van der Waals surface area contributed by atoms with Crippen molar-refractivity contribution in [1.29, 1.82) is 0 Å². The van der Waals surface area contributed by atoms with Crippen molar-refractivity contribution in [3.8, 4) is 0 Å². The summed E-state index contributed by atoms with van der Waals surface area (Å²) < 4.78 is 26.2. The Morgan fingerprint density at radius 2 is 1.88 bits per heavy atom. The fraction of sp³-hybridized carbons (Fsp3) is 0.364. The summed E-state index contributed by atoms with van der Waals surface area (Å²) in [6, 6.07) is 6.07. The van der Waals surface area contributed by atoms with Gasteiger partial charge in [0, 0.05) is 11.6 Å². The first-order chi connectivity index (χ1) is 8.03. The topological polar surface area (TPSA) is 63.2 Å². The average molecular weight is 318 g/mol. The molecule has 0 bridgehead atoms. The number of ketones is 1. The summed E-state index contributed by atoms with van der Waals surface area (Å²) in [5.41, 5.74) is 0.507. The predicted molar refractivity (Wildman–Crippen MR) is 67.9 cm³/mol. The Balaban J connectivity index is 2.19. The van der Waals surface area contributed by atoms with E-state index in [4.69, 9.17) is 0 Å². The van der Waals surface area contributed by atoms with Crippen LogP contribution in [0.5, 0.6) is 0 Å². The number of halogens is 1. The molecular weight excluding hydrogens is 306 g/mol. The SMILES string of the molecule is O=C(CBr)c1ccc(S(=O)(=O)NC2CC2)cc1. The van der Waals surface area contributed by atoms with Crippen molar-refractivity contribution in [1.82, 2.24) is 4.72 Å². The molecule has 1 N–H and O–H groups in total. The monoisotopic (exact) mass is 317 g/mol. The molecule has 0 spiro atoms. The molecule has 0 aromatic heterocycles. The third-order valence-corrected chi connectivity index (χ3v) is 4.55. The van der Waals surface area contributed by atoms with Crippen LogP contribution in [0, 0.1) is 0 Å². The molecule has 0 amide bonds. The second-order valence-electron chi connectivity index (χ2n) is 3.98. The normalized spacial score (nSPS) is 15.8. The average Bonchev–Trinajstić information content (AvgIpc) is 3.11. The molecule has 1 aromatic carbocycles. The number of carbonyl (C=O) groups is 1. The molecule has 0 radical (unpaired) electrons. The number of rotatable bonds is 5. The van der Waals surface area contributed by atoms with Gasteiger partial charge in [0.15, 0.2) is 5.78 Å². The lowest BCUT2D eigenvalue weighted by Crippen LogP contribution is -2.25. The summed E-state index contributed by atoms with van der Waals surface area (Å²) in [4.78, 5) is 11.6. The first-order valence-corrected chi connectivity index (χ1v) is 7.85. The predicted octanol–water partition coefficient (Wildman–Crippen LogP) is 1.70. The molecule has 92 valence electrons. The summed E-state index contributed by atoms with van der Waals surface area (Å²) in [6.45, 7) is 0. The number of hydrogen-bond acceptors (Lipinski definition) is 3. The van der Waals surface area contributed by atoms with Crippen LogP contribution in [0.2, 0.25) is 0 Å². The Hall–Kier alpha value is -0.720. The highest BCUT2D eigenvalue weighted by molar-refractivity contribution is 9.09. The smallest absolute Gasteiger partial charge is 0.240 e. The Morgan fingerprint density at radius 1 is 1.29 bits per heavy atom. The molecule has 0 aliphatic heterocycles. The van der Waals surface area contributed by atoms with Gasteiger partial charge in [-0.25, -0.2) is 13.1 Å². The summed E-state index contributed by atoms with van der Waals surface area (Å²) >= 11 is 3.07. The van der Waals surface area contributed by atoms with Gasteiger partial charge in [0.25, 0.3) is 0 Å². The molecule has 1 fully saturated rings. The van der Waals surface area contributed by atoms with E-state index in [2.05, 4.69) is 20.7 Å². The highest BCUT2D eigenvalue weighted by Gasteiger charge is 2.27. The lowest BCUT2D eigenvalue weighted by molar-refractivity contribution is 0.102. The van der Waals surface area contributed by atoms with E-state index in [-0.39, 0.29) is 22.1 Å². The minimum absolute atomic E-state index is 0.0656. The molecule has 1 aliphatic carbocycles. The van der Waals surface area contributed by atoms with E-state index < -0.39 is 10.0 Å². The number of benzene rings is 1. The maximum Gasteiger partial charge on any atom is 0.240 e. The van der Waals surface area contributed by atoms with Crippen molar-refractivity contribution in [3.05, 3.63) is 29.8 Å². The summed E-state index contributed by atoms with van der Waals surface area (Å²) in [7, 11) is -3.42. The van der Waals surface area contributed by atoms with Crippen molar-refractivity contribution in [3.63, 3.8) is 0 Å².